The van der Waals surface area contributed by atoms with Crippen molar-refractivity contribution in [3.8, 4) is 17.0 Å². The molecule has 0 unspecified atom stereocenters. The van der Waals surface area contributed by atoms with Gasteiger partial charge in [-0.05, 0) is 17.1 Å². The van der Waals surface area contributed by atoms with Crippen molar-refractivity contribution < 1.29 is 9.26 Å². The van der Waals surface area contributed by atoms with Crippen LogP contribution in [0.1, 0.15) is 25.5 Å². The van der Waals surface area contributed by atoms with E-state index in [0.717, 1.165) is 36.1 Å². The maximum atomic E-state index is 5.37. The van der Waals surface area contributed by atoms with Crippen molar-refractivity contribution in [2.24, 2.45) is 0 Å². The van der Waals surface area contributed by atoms with Crippen LogP contribution in [0.5, 0.6) is 5.88 Å². The molecule has 1 heterocycles. The normalized spacial score (nSPS) is 10.5. The summed E-state index contributed by atoms with van der Waals surface area (Å²) in [6.07, 6.45) is 3.13. The van der Waals surface area contributed by atoms with Crippen LogP contribution in [0.15, 0.2) is 34.9 Å². The molecule has 0 aliphatic carbocycles. The van der Waals surface area contributed by atoms with Crippen molar-refractivity contribution >= 4 is 0 Å². The predicted octanol–water partition coefficient (Wildman–Crippen LogP) is 3.69. The molecular weight excluding hydrogens is 214 g/mol. The Morgan fingerprint density at radius 1 is 1.24 bits per heavy atom. The highest BCUT2D eigenvalue weighted by Crippen LogP contribution is 2.33. The Bertz CT molecular complexity index is 462. The largest absolute Gasteiger partial charge is 0.478 e. The molecule has 3 heteroatoms. The summed E-state index contributed by atoms with van der Waals surface area (Å²) in [6, 6.07) is 10.1. The second-order valence-electron chi connectivity index (χ2n) is 3.96. The van der Waals surface area contributed by atoms with Gasteiger partial charge in [-0.2, -0.15) is 0 Å². The van der Waals surface area contributed by atoms with E-state index in [0.29, 0.717) is 5.88 Å². The number of hydrogen-bond donors (Lipinski definition) is 0. The SMILES string of the molecule is CCCCc1onc(OC)c1-c1ccccc1. The highest BCUT2D eigenvalue weighted by molar-refractivity contribution is 5.70. The molecule has 90 valence electrons. The summed E-state index contributed by atoms with van der Waals surface area (Å²) in [4.78, 5) is 0. The monoisotopic (exact) mass is 231 g/mol. The van der Waals surface area contributed by atoms with E-state index < -0.39 is 0 Å². The molecule has 3 nitrogen and oxygen atoms in total. The fourth-order valence-electron chi connectivity index (χ4n) is 1.84. The molecule has 2 aromatic rings. The molecule has 0 spiro atoms. The van der Waals surface area contributed by atoms with Crippen LogP contribution in [0.2, 0.25) is 0 Å². The van der Waals surface area contributed by atoms with Gasteiger partial charge in [-0.1, -0.05) is 43.7 Å². The van der Waals surface area contributed by atoms with Crippen LogP contribution in [0.25, 0.3) is 11.1 Å². The Balaban J connectivity index is 2.39. The first-order chi connectivity index (χ1) is 8.36. The molecule has 1 aromatic carbocycles. The van der Waals surface area contributed by atoms with Crippen LogP contribution in [0.4, 0.5) is 0 Å². The molecule has 2 rings (SSSR count). The number of hydrogen-bond acceptors (Lipinski definition) is 3. The highest BCUT2D eigenvalue weighted by Gasteiger charge is 2.17. The first-order valence-electron chi connectivity index (χ1n) is 5.94. The van der Waals surface area contributed by atoms with E-state index in [9.17, 15) is 0 Å². The highest BCUT2D eigenvalue weighted by atomic mass is 16.5. The van der Waals surface area contributed by atoms with Gasteiger partial charge >= 0.3 is 0 Å². The van der Waals surface area contributed by atoms with E-state index in [4.69, 9.17) is 9.26 Å². The number of aromatic nitrogens is 1. The number of unbranched alkanes of at least 4 members (excludes halogenated alkanes) is 1. The number of nitrogens with zero attached hydrogens (tertiary/aromatic N) is 1. The lowest BCUT2D eigenvalue weighted by Gasteiger charge is -2.02. The molecule has 0 aliphatic heterocycles. The fraction of sp³-hybridized carbons (Fsp3) is 0.357. The smallest absolute Gasteiger partial charge is 0.262 e. The Hall–Kier alpha value is -1.77. The van der Waals surface area contributed by atoms with Crippen molar-refractivity contribution in [2.75, 3.05) is 7.11 Å². The molecule has 0 N–H and O–H groups in total. The number of benzene rings is 1. The van der Waals surface area contributed by atoms with Crippen molar-refractivity contribution in [3.63, 3.8) is 0 Å². The Kier molecular flexibility index (Phi) is 3.81. The van der Waals surface area contributed by atoms with E-state index >= 15 is 0 Å². The van der Waals surface area contributed by atoms with Crippen molar-refractivity contribution in [1.82, 2.24) is 5.16 Å². The lowest BCUT2D eigenvalue weighted by Crippen LogP contribution is -1.89. The minimum Gasteiger partial charge on any atom is -0.478 e. The number of rotatable bonds is 5. The van der Waals surface area contributed by atoms with Gasteiger partial charge in [0.2, 0.25) is 0 Å². The Labute approximate surface area is 101 Å². The van der Waals surface area contributed by atoms with E-state index in [-0.39, 0.29) is 0 Å². The van der Waals surface area contributed by atoms with E-state index in [2.05, 4.69) is 12.1 Å². The topological polar surface area (TPSA) is 35.3 Å². The maximum Gasteiger partial charge on any atom is 0.262 e. The maximum absolute atomic E-state index is 5.37. The van der Waals surface area contributed by atoms with Gasteiger partial charge in [0.1, 0.15) is 5.76 Å². The molecule has 0 saturated carbocycles. The van der Waals surface area contributed by atoms with Crippen LogP contribution >= 0.6 is 0 Å². The summed E-state index contributed by atoms with van der Waals surface area (Å²) in [5.41, 5.74) is 2.08. The lowest BCUT2D eigenvalue weighted by molar-refractivity contribution is 0.325. The van der Waals surface area contributed by atoms with Crippen LogP contribution in [-0.2, 0) is 6.42 Å². The summed E-state index contributed by atoms with van der Waals surface area (Å²) >= 11 is 0. The van der Waals surface area contributed by atoms with Gasteiger partial charge in [-0.15, -0.1) is 0 Å². The molecule has 0 atom stereocenters. The standard InChI is InChI=1S/C14H17NO2/c1-3-4-10-12-13(14(16-2)15-17-12)11-8-6-5-7-9-11/h5-9H,3-4,10H2,1-2H3. The van der Waals surface area contributed by atoms with Crippen molar-refractivity contribution in [3.05, 3.63) is 36.1 Å². The average molecular weight is 231 g/mol. The molecule has 0 aliphatic rings. The van der Waals surface area contributed by atoms with Crippen molar-refractivity contribution in [2.45, 2.75) is 26.2 Å². The molecule has 0 amide bonds. The summed E-state index contributed by atoms with van der Waals surface area (Å²) in [5.74, 6) is 1.48. The summed E-state index contributed by atoms with van der Waals surface area (Å²) < 4.78 is 10.6. The van der Waals surface area contributed by atoms with Crippen LogP contribution < -0.4 is 4.74 Å². The lowest BCUT2D eigenvalue weighted by atomic mass is 10.0. The van der Waals surface area contributed by atoms with Gasteiger partial charge in [0.25, 0.3) is 5.88 Å². The molecule has 0 radical (unpaired) electrons. The van der Waals surface area contributed by atoms with E-state index in [1.54, 1.807) is 7.11 Å². The molecule has 0 fully saturated rings. The zero-order valence-corrected chi connectivity index (χ0v) is 10.3. The minimum atomic E-state index is 0.572. The van der Waals surface area contributed by atoms with Gasteiger partial charge in [-0.3, -0.25) is 0 Å². The summed E-state index contributed by atoms with van der Waals surface area (Å²) in [7, 11) is 1.62. The summed E-state index contributed by atoms with van der Waals surface area (Å²) in [5, 5.41) is 3.97. The molecule has 0 saturated heterocycles. The van der Waals surface area contributed by atoms with Crippen LogP contribution in [-0.4, -0.2) is 12.3 Å². The molecule has 17 heavy (non-hydrogen) atoms. The molecular formula is C14H17NO2. The summed E-state index contributed by atoms with van der Waals surface area (Å²) in [6.45, 7) is 2.16. The van der Waals surface area contributed by atoms with Gasteiger partial charge in [-0.25, -0.2) is 0 Å². The third-order valence-electron chi connectivity index (χ3n) is 2.74. The quantitative estimate of drug-likeness (QED) is 0.787. The van der Waals surface area contributed by atoms with Gasteiger partial charge < -0.3 is 9.26 Å². The van der Waals surface area contributed by atoms with Gasteiger partial charge in [0.05, 0.1) is 12.7 Å². The van der Waals surface area contributed by atoms with E-state index in [1.165, 1.54) is 0 Å². The number of methoxy groups -OCH3 is 1. The Morgan fingerprint density at radius 3 is 2.65 bits per heavy atom. The Morgan fingerprint density at radius 2 is 2.00 bits per heavy atom. The number of ether oxygens (including phenoxy) is 1. The van der Waals surface area contributed by atoms with Gasteiger partial charge in [0.15, 0.2) is 0 Å². The van der Waals surface area contributed by atoms with Crippen LogP contribution in [0, 0.1) is 0 Å². The van der Waals surface area contributed by atoms with Gasteiger partial charge in [0, 0.05) is 6.42 Å². The second kappa shape index (κ2) is 5.53. The zero-order valence-electron chi connectivity index (χ0n) is 10.3. The second-order valence-corrected chi connectivity index (χ2v) is 3.96. The minimum absolute atomic E-state index is 0.572. The average Bonchev–Trinajstić information content (AvgIpc) is 2.80. The first kappa shape index (κ1) is 11.7. The molecule has 0 bridgehead atoms. The van der Waals surface area contributed by atoms with Crippen molar-refractivity contribution in [1.29, 1.82) is 0 Å². The molecule has 1 aromatic heterocycles. The predicted molar refractivity (Wildman–Crippen MR) is 67.1 cm³/mol. The fourth-order valence-corrected chi connectivity index (χ4v) is 1.84. The van der Waals surface area contributed by atoms with E-state index in [1.807, 2.05) is 30.3 Å². The first-order valence-corrected chi connectivity index (χ1v) is 5.94. The third kappa shape index (κ3) is 2.49. The third-order valence-corrected chi connectivity index (χ3v) is 2.74. The van der Waals surface area contributed by atoms with Crippen LogP contribution in [0.3, 0.4) is 0 Å². The number of aryl methyl sites for hydroxylation is 1. The zero-order chi connectivity index (χ0) is 12.1.